The topological polar surface area (TPSA) is 17.8 Å². The predicted octanol–water partition coefficient (Wildman–Crippen LogP) is 4.16. The summed E-state index contributed by atoms with van der Waals surface area (Å²) >= 11 is 6.35. The van der Waals surface area contributed by atoms with Gasteiger partial charge in [0.25, 0.3) is 0 Å². The molecule has 18 heavy (non-hydrogen) atoms. The highest BCUT2D eigenvalue weighted by molar-refractivity contribution is 6.20. The molecule has 0 aliphatic heterocycles. The first-order chi connectivity index (χ1) is 8.58. The van der Waals surface area contributed by atoms with Gasteiger partial charge in [-0.15, -0.1) is 11.6 Å². The molecule has 1 aromatic heterocycles. The Bertz CT molecular complexity index is 516. The van der Waals surface area contributed by atoms with E-state index in [0.717, 1.165) is 19.3 Å². The van der Waals surface area contributed by atoms with E-state index in [2.05, 4.69) is 43.2 Å². The van der Waals surface area contributed by atoms with E-state index in [1.165, 1.54) is 16.6 Å². The molecule has 0 bridgehead atoms. The highest BCUT2D eigenvalue weighted by Crippen LogP contribution is 2.21. The van der Waals surface area contributed by atoms with Crippen LogP contribution < -0.4 is 0 Å². The Morgan fingerprint density at radius 1 is 1.28 bits per heavy atom. The number of aromatic nitrogens is 2. The lowest BCUT2D eigenvalue weighted by Crippen LogP contribution is -2.05. The van der Waals surface area contributed by atoms with E-state index < -0.39 is 0 Å². The number of para-hydroxylation sites is 1. The molecule has 0 aliphatic rings. The quantitative estimate of drug-likeness (QED) is 0.742. The van der Waals surface area contributed by atoms with Gasteiger partial charge in [0.1, 0.15) is 0 Å². The average molecular weight is 265 g/mol. The van der Waals surface area contributed by atoms with Crippen LogP contribution in [0, 0.1) is 5.92 Å². The third-order valence-corrected chi connectivity index (χ3v) is 3.65. The molecule has 1 heterocycles. The van der Waals surface area contributed by atoms with Crippen molar-refractivity contribution in [1.29, 1.82) is 0 Å². The SMILES string of the molecule is CC(C)CC(Cl)CCc1nn(C)c2ccccc12. The summed E-state index contributed by atoms with van der Waals surface area (Å²) in [4.78, 5) is 0. The molecule has 0 fully saturated rings. The summed E-state index contributed by atoms with van der Waals surface area (Å²) in [7, 11) is 2.00. The van der Waals surface area contributed by atoms with Crippen LogP contribution in [0.25, 0.3) is 10.9 Å². The Hall–Kier alpha value is -1.02. The smallest absolute Gasteiger partial charge is 0.0703 e. The van der Waals surface area contributed by atoms with Crippen LogP contribution in [0.2, 0.25) is 0 Å². The summed E-state index contributed by atoms with van der Waals surface area (Å²) in [5, 5.41) is 6.11. The van der Waals surface area contributed by atoms with E-state index in [1.807, 2.05) is 11.7 Å². The van der Waals surface area contributed by atoms with E-state index >= 15 is 0 Å². The Labute approximate surface area is 114 Å². The maximum atomic E-state index is 6.35. The van der Waals surface area contributed by atoms with Gasteiger partial charge in [-0.25, -0.2) is 0 Å². The molecule has 1 aromatic carbocycles. The number of hydrogen-bond donors (Lipinski definition) is 0. The Kier molecular flexibility index (Phi) is 4.28. The summed E-state index contributed by atoms with van der Waals surface area (Å²) in [6, 6.07) is 8.37. The number of halogens is 1. The van der Waals surface area contributed by atoms with Crippen LogP contribution in [-0.2, 0) is 13.5 Å². The molecule has 2 nitrogen and oxygen atoms in total. The van der Waals surface area contributed by atoms with Gasteiger partial charge in [0.15, 0.2) is 0 Å². The van der Waals surface area contributed by atoms with Crippen LogP contribution in [0.15, 0.2) is 24.3 Å². The van der Waals surface area contributed by atoms with Crippen molar-refractivity contribution >= 4 is 22.5 Å². The maximum Gasteiger partial charge on any atom is 0.0703 e. The van der Waals surface area contributed by atoms with Gasteiger partial charge in [-0.2, -0.15) is 5.10 Å². The number of rotatable bonds is 5. The molecule has 0 N–H and O–H groups in total. The van der Waals surface area contributed by atoms with Crippen molar-refractivity contribution in [3.05, 3.63) is 30.0 Å². The second kappa shape index (κ2) is 5.75. The Morgan fingerprint density at radius 2 is 2.00 bits per heavy atom. The minimum Gasteiger partial charge on any atom is -0.268 e. The van der Waals surface area contributed by atoms with E-state index in [-0.39, 0.29) is 5.38 Å². The van der Waals surface area contributed by atoms with Crippen molar-refractivity contribution in [3.63, 3.8) is 0 Å². The lowest BCUT2D eigenvalue weighted by atomic mass is 10.0. The van der Waals surface area contributed by atoms with Crippen LogP contribution in [0.4, 0.5) is 0 Å². The molecule has 1 unspecified atom stereocenters. The minimum atomic E-state index is 0.255. The van der Waals surface area contributed by atoms with Crippen LogP contribution in [0.1, 0.15) is 32.4 Å². The number of benzene rings is 1. The molecular weight excluding hydrogens is 244 g/mol. The summed E-state index contributed by atoms with van der Waals surface area (Å²) < 4.78 is 1.95. The molecule has 0 saturated heterocycles. The minimum absolute atomic E-state index is 0.255. The normalized spacial score (nSPS) is 13.4. The molecule has 0 spiro atoms. The molecule has 0 radical (unpaired) electrons. The molecule has 1 atom stereocenters. The van der Waals surface area contributed by atoms with E-state index in [0.29, 0.717) is 5.92 Å². The van der Waals surface area contributed by atoms with Crippen molar-refractivity contribution in [1.82, 2.24) is 9.78 Å². The molecule has 0 aliphatic carbocycles. The van der Waals surface area contributed by atoms with Gasteiger partial charge >= 0.3 is 0 Å². The summed E-state index contributed by atoms with van der Waals surface area (Å²) in [5.74, 6) is 0.660. The van der Waals surface area contributed by atoms with Crippen LogP contribution in [0.5, 0.6) is 0 Å². The number of hydrogen-bond acceptors (Lipinski definition) is 1. The molecule has 2 rings (SSSR count). The molecule has 98 valence electrons. The van der Waals surface area contributed by atoms with Gasteiger partial charge in [-0.3, -0.25) is 4.68 Å². The molecule has 0 saturated carbocycles. The van der Waals surface area contributed by atoms with Gasteiger partial charge in [0, 0.05) is 17.8 Å². The van der Waals surface area contributed by atoms with Crippen molar-refractivity contribution in [2.24, 2.45) is 13.0 Å². The van der Waals surface area contributed by atoms with Gasteiger partial charge in [-0.05, 0) is 31.2 Å². The maximum absolute atomic E-state index is 6.35. The number of aryl methyl sites for hydroxylation is 2. The van der Waals surface area contributed by atoms with E-state index in [1.54, 1.807) is 0 Å². The van der Waals surface area contributed by atoms with E-state index in [4.69, 9.17) is 11.6 Å². The zero-order valence-corrected chi connectivity index (χ0v) is 12.1. The fraction of sp³-hybridized carbons (Fsp3) is 0.533. The van der Waals surface area contributed by atoms with Crippen molar-refractivity contribution in [3.8, 4) is 0 Å². The van der Waals surface area contributed by atoms with Gasteiger partial charge in [-0.1, -0.05) is 32.0 Å². The van der Waals surface area contributed by atoms with E-state index in [9.17, 15) is 0 Å². The largest absolute Gasteiger partial charge is 0.268 e. The summed E-state index contributed by atoms with van der Waals surface area (Å²) in [6.07, 6.45) is 3.04. The molecule has 0 amide bonds. The fourth-order valence-electron chi connectivity index (χ4n) is 2.40. The number of alkyl halides is 1. The van der Waals surface area contributed by atoms with Crippen LogP contribution >= 0.6 is 11.6 Å². The average Bonchev–Trinajstić information content (AvgIpc) is 2.64. The molecule has 2 aromatic rings. The molecule has 3 heteroatoms. The monoisotopic (exact) mass is 264 g/mol. The standard InChI is InChI=1S/C15H21ClN2/c1-11(2)10-12(16)8-9-14-13-6-4-5-7-15(13)18(3)17-14/h4-7,11-12H,8-10H2,1-3H3. The summed E-state index contributed by atoms with van der Waals surface area (Å²) in [5.41, 5.74) is 2.37. The lowest BCUT2D eigenvalue weighted by Gasteiger charge is -2.10. The van der Waals surface area contributed by atoms with Gasteiger partial charge in [0.05, 0.1) is 11.2 Å². The zero-order valence-electron chi connectivity index (χ0n) is 11.4. The third-order valence-electron chi connectivity index (χ3n) is 3.26. The first-order valence-corrected chi connectivity index (χ1v) is 7.06. The van der Waals surface area contributed by atoms with Crippen molar-refractivity contribution < 1.29 is 0 Å². The zero-order chi connectivity index (χ0) is 13.1. The number of nitrogens with zero attached hydrogens (tertiary/aromatic N) is 2. The predicted molar refractivity (Wildman–Crippen MR) is 78.1 cm³/mol. The Balaban J connectivity index is 2.08. The highest BCUT2D eigenvalue weighted by atomic mass is 35.5. The first kappa shape index (κ1) is 13.4. The van der Waals surface area contributed by atoms with Gasteiger partial charge < -0.3 is 0 Å². The second-order valence-corrected chi connectivity index (χ2v) is 5.97. The fourth-order valence-corrected chi connectivity index (χ4v) is 2.86. The lowest BCUT2D eigenvalue weighted by molar-refractivity contribution is 0.542. The first-order valence-electron chi connectivity index (χ1n) is 6.62. The summed E-state index contributed by atoms with van der Waals surface area (Å²) in [6.45, 7) is 4.43. The van der Waals surface area contributed by atoms with Crippen molar-refractivity contribution in [2.75, 3.05) is 0 Å². The highest BCUT2D eigenvalue weighted by Gasteiger charge is 2.11. The van der Waals surface area contributed by atoms with Gasteiger partial charge in [0.2, 0.25) is 0 Å². The van der Waals surface area contributed by atoms with Crippen LogP contribution in [0.3, 0.4) is 0 Å². The Morgan fingerprint density at radius 3 is 2.72 bits per heavy atom. The van der Waals surface area contributed by atoms with Crippen LogP contribution in [-0.4, -0.2) is 15.2 Å². The number of fused-ring (bicyclic) bond motifs is 1. The third kappa shape index (κ3) is 3.05. The second-order valence-electron chi connectivity index (χ2n) is 5.35. The van der Waals surface area contributed by atoms with Crippen molar-refractivity contribution in [2.45, 2.75) is 38.5 Å². The molecular formula is C15H21ClN2.